The van der Waals surface area contributed by atoms with Crippen molar-refractivity contribution in [2.75, 3.05) is 32.8 Å². The summed E-state index contributed by atoms with van der Waals surface area (Å²) in [6, 6.07) is 15.6. The van der Waals surface area contributed by atoms with Crippen LogP contribution < -0.4 is 20.6 Å². The van der Waals surface area contributed by atoms with Gasteiger partial charge in [-0.3, -0.25) is 34.0 Å². The number of fused-ring (bicyclic) bond motifs is 3. The van der Waals surface area contributed by atoms with Crippen LogP contribution in [-0.4, -0.2) is 90.8 Å². The van der Waals surface area contributed by atoms with Gasteiger partial charge in [0.15, 0.2) is 11.5 Å². The van der Waals surface area contributed by atoms with Gasteiger partial charge >= 0.3 is 6.09 Å². The van der Waals surface area contributed by atoms with E-state index in [0.717, 1.165) is 49.2 Å². The van der Waals surface area contributed by atoms with Crippen LogP contribution in [0.5, 0.6) is 11.5 Å². The normalized spacial score (nSPS) is 14.8. The molecule has 0 N–H and O–H groups in total. The van der Waals surface area contributed by atoms with Gasteiger partial charge in [-0.15, -0.1) is 0 Å². The molecule has 2 aliphatic rings. The standard InChI is InChI=1S/C28H35N5O5.C10H8N2O2/c1-28(2,3)38-27(35)33(19-20-17-24-25(18-30-20)37-16-15-36-24)21-8-11-31(12-9-21)13-14-32-23-5-4-10-29-22(23)6-7-26(32)34;13-7-6-12-9-2-1-5-11-8(9)3-4-10(12)14/h4-7,10,17-18,21H,8-9,11-16,19H2,1-3H3;1-5,7H,6H2. The number of nitrogens with zero attached hydrogens (tertiary/aromatic N) is 7. The molecule has 0 aliphatic carbocycles. The number of ether oxygens (including phenoxy) is 3. The lowest BCUT2D eigenvalue weighted by Gasteiger charge is -2.39. The van der Waals surface area contributed by atoms with Crippen LogP contribution >= 0.6 is 0 Å². The maximum absolute atomic E-state index is 13.3. The summed E-state index contributed by atoms with van der Waals surface area (Å²) in [6.45, 7) is 9.98. The number of aldehydes is 1. The van der Waals surface area contributed by atoms with Crippen LogP contribution in [0.2, 0.25) is 0 Å². The fourth-order valence-electron chi connectivity index (χ4n) is 6.35. The van der Waals surface area contributed by atoms with Crippen LogP contribution in [0, 0.1) is 0 Å². The molecule has 2 aliphatic heterocycles. The molecule has 1 fully saturated rings. The Balaban J connectivity index is 0.000000276. The Kier molecular flexibility index (Phi) is 11.2. The predicted molar refractivity (Wildman–Crippen MR) is 195 cm³/mol. The van der Waals surface area contributed by atoms with E-state index in [1.807, 2.05) is 39.0 Å². The monoisotopic (exact) mass is 709 g/mol. The molecule has 0 aromatic carbocycles. The molecule has 1 amide bonds. The molecule has 5 aromatic heterocycles. The predicted octanol–water partition coefficient (Wildman–Crippen LogP) is 4.06. The van der Waals surface area contributed by atoms with Gasteiger partial charge in [-0.05, 0) is 70.0 Å². The van der Waals surface area contributed by atoms with Crippen molar-refractivity contribution in [3.63, 3.8) is 0 Å². The molecule has 14 heteroatoms. The molecule has 14 nitrogen and oxygen atoms in total. The highest BCUT2D eigenvalue weighted by atomic mass is 16.6. The van der Waals surface area contributed by atoms with Gasteiger partial charge in [0.05, 0.1) is 47.0 Å². The molecule has 1 saturated heterocycles. The van der Waals surface area contributed by atoms with E-state index in [1.165, 1.54) is 10.6 Å². The van der Waals surface area contributed by atoms with Crippen molar-refractivity contribution in [2.45, 2.75) is 64.9 Å². The molecule has 0 unspecified atom stereocenters. The van der Waals surface area contributed by atoms with E-state index in [4.69, 9.17) is 14.2 Å². The van der Waals surface area contributed by atoms with Gasteiger partial charge in [-0.2, -0.15) is 0 Å². The van der Waals surface area contributed by atoms with Crippen molar-refractivity contribution in [3.05, 3.63) is 99.6 Å². The molecule has 7 rings (SSSR count). The highest BCUT2D eigenvalue weighted by molar-refractivity contribution is 5.75. The second-order valence-electron chi connectivity index (χ2n) is 13.6. The van der Waals surface area contributed by atoms with Gasteiger partial charge < -0.3 is 28.5 Å². The number of likely N-dealkylation sites (tertiary alicyclic amines) is 1. The Labute approximate surface area is 300 Å². The lowest BCUT2D eigenvalue weighted by Crippen LogP contribution is -2.49. The number of carbonyl (C=O) groups is 2. The van der Waals surface area contributed by atoms with E-state index in [9.17, 15) is 19.2 Å². The summed E-state index contributed by atoms with van der Waals surface area (Å²) in [5, 5.41) is 0. The van der Waals surface area contributed by atoms with E-state index in [0.29, 0.717) is 55.1 Å². The largest absolute Gasteiger partial charge is 0.486 e. The Morgan fingerprint density at radius 1 is 0.865 bits per heavy atom. The van der Waals surface area contributed by atoms with Crippen LogP contribution in [-0.2, 0) is 29.2 Å². The number of carbonyl (C=O) groups excluding carboxylic acids is 2. The van der Waals surface area contributed by atoms with Crippen molar-refractivity contribution < 1.29 is 23.8 Å². The second-order valence-corrected chi connectivity index (χ2v) is 13.6. The number of aromatic nitrogens is 5. The first kappa shape index (κ1) is 36.2. The molecule has 0 bridgehead atoms. The fourth-order valence-corrected chi connectivity index (χ4v) is 6.35. The minimum Gasteiger partial charge on any atom is -0.486 e. The second kappa shape index (κ2) is 16.1. The van der Waals surface area contributed by atoms with Gasteiger partial charge in [0.2, 0.25) is 0 Å². The van der Waals surface area contributed by atoms with Crippen LogP contribution in [0.4, 0.5) is 4.79 Å². The zero-order valence-electron chi connectivity index (χ0n) is 29.6. The zero-order chi connectivity index (χ0) is 36.7. The highest BCUT2D eigenvalue weighted by Crippen LogP contribution is 2.30. The van der Waals surface area contributed by atoms with Gasteiger partial charge in [0.1, 0.15) is 25.1 Å². The first-order valence-electron chi connectivity index (χ1n) is 17.4. The smallest absolute Gasteiger partial charge is 0.410 e. The van der Waals surface area contributed by atoms with Gasteiger partial charge in [0.25, 0.3) is 11.1 Å². The minimum atomic E-state index is -0.600. The number of rotatable bonds is 8. The molecule has 7 heterocycles. The molecular weight excluding hydrogens is 666 g/mol. The van der Waals surface area contributed by atoms with Crippen LogP contribution in [0.15, 0.2) is 82.8 Å². The molecule has 0 spiro atoms. The summed E-state index contributed by atoms with van der Waals surface area (Å²) in [5.41, 5.74) is 2.98. The van der Waals surface area contributed by atoms with E-state index in [-0.39, 0.29) is 29.8 Å². The highest BCUT2D eigenvalue weighted by Gasteiger charge is 2.32. The minimum absolute atomic E-state index is 0.0144. The molecular formula is C38H43N7O7. The maximum atomic E-state index is 13.3. The topological polar surface area (TPSA) is 151 Å². The molecule has 5 aromatic rings. The average Bonchev–Trinajstić information content (AvgIpc) is 3.14. The van der Waals surface area contributed by atoms with E-state index < -0.39 is 5.60 Å². The summed E-state index contributed by atoms with van der Waals surface area (Å²) < 4.78 is 20.3. The quantitative estimate of drug-likeness (QED) is 0.215. The third-order valence-corrected chi connectivity index (χ3v) is 8.86. The van der Waals surface area contributed by atoms with Crippen molar-refractivity contribution in [2.24, 2.45) is 0 Å². The molecule has 0 radical (unpaired) electrons. The summed E-state index contributed by atoms with van der Waals surface area (Å²) in [5.74, 6) is 1.28. The summed E-state index contributed by atoms with van der Waals surface area (Å²) in [7, 11) is 0. The Hall–Kier alpha value is -5.63. The van der Waals surface area contributed by atoms with Gasteiger partial charge in [0, 0.05) is 62.8 Å². The Morgan fingerprint density at radius 3 is 2.12 bits per heavy atom. The van der Waals surface area contributed by atoms with E-state index >= 15 is 0 Å². The lowest BCUT2D eigenvalue weighted by molar-refractivity contribution is -0.108. The van der Waals surface area contributed by atoms with Crippen molar-refractivity contribution >= 4 is 34.4 Å². The van der Waals surface area contributed by atoms with Gasteiger partial charge in [-0.1, -0.05) is 0 Å². The maximum Gasteiger partial charge on any atom is 0.410 e. The summed E-state index contributed by atoms with van der Waals surface area (Å²) in [4.78, 5) is 64.7. The summed E-state index contributed by atoms with van der Waals surface area (Å²) >= 11 is 0. The summed E-state index contributed by atoms with van der Waals surface area (Å²) in [6.07, 6.45) is 7.00. The molecule has 272 valence electrons. The van der Waals surface area contributed by atoms with E-state index in [1.54, 1.807) is 58.4 Å². The molecule has 52 heavy (non-hydrogen) atoms. The lowest BCUT2D eigenvalue weighted by atomic mass is 10.0. The fraction of sp³-hybridized carbons (Fsp3) is 0.395. The van der Waals surface area contributed by atoms with E-state index in [2.05, 4.69) is 19.9 Å². The number of amides is 1. The third kappa shape index (κ3) is 8.80. The number of hydrogen-bond acceptors (Lipinski definition) is 11. The first-order chi connectivity index (χ1) is 25.1. The van der Waals surface area contributed by atoms with Crippen molar-refractivity contribution in [1.29, 1.82) is 0 Å². The third-order valence-electron chi connectivity index (χ3n) is 8.86. The Bertz CT molecular complexity index is 2150. The molecule has 0 saturated carbocycles. The number of pyridine rings is 5. The zero-order valence-corrected chi connectivity index (χ0v) is 29.6. The average molecular weight is 710 g/mol. The first-order valence-corrected chi connectivity index (χ1v) is 17.4. The molecule has 0 atom stereocenters. The number of piperidine rings is 1. The van der Waals surface area contributed by atoms with Gasteiger partial charge in [-0.25, -0.2) is 4.79 Å². The van der Waals surface area contributed by atoms with Crippen molar-refractivity contribution in [3.8, 4) is 11.5 Å². The Morgan fingerprint density at radius 2 is 1.48 bits per heavy atom. The van der Waals surface area contributed by atoms with Crippen LogP contribution in [0.1, 0.15) is 39.3 Å². The van der Waals surface area contributed by atoms with Crippen molar-refractivity contribution in [1.82, 2.24) is 33.9 Å². The number of hydrogen-bond donors (Lipinski definition) is 0. The van der Waals surface area contributed by atoms with Crippen LogP contribution in [0.25, 0.3) is 22.1 Å². The van der Waals surface area contributed by atoms with Crippen LogP contribution in [0.3, 0.4) is 0 Å². The SMILES string of the molecule is CC(C)(C)OC(=O)N(Cc1cc2c(cn1)OCCO2)C1CCN(CCn2c(=O)ccc3ncccc32)CC1.O=CCn1c(=O)ccc2ncccc21.